The van der Waals surface area contributed by atoms with Gasteiger partial charge in [0.2, 0.25) is 0 Å². The maximum absolute atomic E-state index is 12.9. The molecule has 3 N–H and O–H groups in total. The number of hydrogen-bond acceptors (Lipinski definition) is 4. The average Bonchev–Trinajstić information content (AvgIpc) is 2.46. The summed E-state index contributed by atoms with van der Waals surface area (Å²) in [5.41, 5.74) is 6.38. The summed E-state index contributed by atoms with van der Waals surface area (Å²) >= 11 is 0. The van der Waals surface area contributed by atoms with Crippen LogP contribution in [0.4, 0.5) is 11.4 Å². The summed E-state index contributed by atoms with van der Waals surface area (Å²) in [5.74, 6) is 0.0327. The fourth-order valence-corrected chi connectivity index (χ4v) is 3.74. The topological polar surface area (TPSA) is 83.6 Å². The Kier molecular flexibility index (Phi) is 4.61. The lowest BCUT2D eigenvalue weighted by molar-refractivity contribution is 0.474. The van der Waals surface area contributed by atoms with Gasteiger partial charge in [0.05, 0.1) is 10.6 Å². The lowest BCUT2D eigenvalue weighted by Gasteiger charge is -2.26. The van der Waals surface area contributed by atoms with E-state index in [-0.39, 0.29) is 28.8 Å². The molecule has 0 fully saturated rings. The van der Waals surface area contributed by atoms with Gasteiger partial charge in [0.15, 0.2) is 0 Å². The molecular formula is C16H20N2O3S. The summed E-state index contributed by atoms with van der Waals surface area (Å²) in [7, 11) is -3.77. The van der Waals surface area contributed by atoms with Crippen molar-refractivity contribution in [1.29, 1.82) is 0 Å². The van der Waals surface area contributed by atoms with Crippen molar-refractivity contribution in [2.24, 2.45) is 5.92 Å². The van der Waals surface area contributed by atoms with Crippen LogP contribution in [-0.4, -0.2) is 20.1 Å². The number of phenolic OH excluding ortho intramolecular Hbond substituents is 1. The van der Waals surface area contributed by atoms with Crippen molar-refractivity contribution >= 4 is 21.4 Å². The molecule has 0 aliphatic rings. The number of hydrogen-bond donors (Lipinski definition) is 2. The molecule has 118 valence electrons. The third kappa shape index (κ3) is 3.33. The number of nitrogen functional groups attached to an aromatic ring is 1. The molecule has 2 aromatic carbocycles. The molecule has 0 aromatic heterocycles. The van der Waals surface area contributed by atoms with Crippen molar-refractivity contribution in [3.63, 3.8) is 0 Å². The van der Waals surface area contributed by atoms with Crippen LogP contribution < -0.4 is 10.0 Å². The van der Waals surface area contributed by atoms with Gasteiger partial charge in [-0.05, 0) is 42.3 Å². The predicted molar refractivity (Wildman–Crippen MR) is 88.3 cm³/mol. The Balaban J connectivity index is 2.53. The van der Waals surface area contributed by atoms with Crippen molar-refractivity contribution in [1.82, 2.24) is 0 Å². The molecule has 0 spiro atoms. The molecule has 0 saturated heterocycles. The molecule has 22 heavy (non-hydrogen) atoms. The van der Waals surface area contributed by atoms with Crippen molar-refractivity contribution in [3.8, 4) is 5.75 Å². The van der Waals surface area contributed by atoms with E-state index in [1.807, 2.05) is 13.8 Å². The first-order valence-corrected chi connectivity index (χ1v) is 8.42. The zero-order valence-electron chi connectivity index (χ0n) is 12.6. The number of benzene rings is 2. The Morgan fingerprint density at radius 3 is 2.23 bits per heavy atom. The van der Waals surface area contributed by atoms with E-state index in [9.17, 15) is 13.5 Å². The largest absolute Gasteiger partial charge is 0.506 e. The minimum atomic E-state index is -3.77. The zero-order valence-corrected chi connectivity index (χ0v) is 13.4. The first-order valence-electron chi connectivity index (χ1n) is 6.98. The standard InChI is InChI=1S/C16H20N2O3S/c1-12(2)11-18(15-5-3-4-6-16(15)19)22(20,21)14-9-7-13(17)8-10-14/h3-10,12,19H,11,17H2,1-2H3. The van der Waals surface area contributed by atoms with Gasteiger partial charge in [0.25, 0.3) is 10.0 Å². The first-order chi connectivity index (χ1) is 10.3. The SMILES string of the molecule is CC(C)CN(c1ccccc1O)S(=O)(=O)c1ccc(N)cc1. The highest BCUT2D eigenvalue weighted by atomic mass is 32.2. The summed E-state index contributed by atoms with van der Waals surface area (Å²) in [4.78, 5) is 0.144. The number of nitrogens with two attached hydrogens (primary N) is 1. The fourth-order valence-electron chi connectivity index (χ4n) is 2.10. The van der Waals surface area contributed by atoms with E-state index in [0.717, 1.165) is 0 Å². The van der Waals surface area contributed by atoms with E-state index < -0.39 is 10.0 Å². The van der Waals surface area contributed by atoms with Gasteiger partial charge < -0.3 is 10.8 Å². The van der Waals surface area contributed by atoms with Crippen LogP contribution in [0.25, 0.3) is 0 Å². The van der Waals surface area contributed by atoms with E-state index in [4.69, 9.17) is 5.73 Å². The van der Waals surface area contributed by atoms with E-state index in [1.54, 1.807) is 30.3 Å². The van der Waals surface area contributed by atoms with Gasteiger partial charge in [-0.25, -0.2) is 8.42 Å². The third-order valence-corrected chi connectivity index (χ3v) is 4.94. The van der Waals surface area contributed by atoms with Crippen LogP contribution in [0.3, 0.4) is 0 Å². The molecule has 0 radical (unpaired) electrons. The smallest absolute Gasteiger partial charge is 0.264 e. The number of para-hydroxylation sites is 2. The quantitative estimate of drug-likeness (QED) is 0.830. The minimum Gasteiger partial charge on any atom is -0.506 e. The number of phenols is 1. The Morgan fingerprint density at radius 2 is 1.68 bits per heavy atom. The summed E-state index contributed by atoms with van der Waals surface area (Å²) in [6, 6.07) is 12.4. The summed E-state index contributed by atoms with van der Waals surface area (Å²) < 4.78 is 27.0. The van der Waals surface area contributed by atoms with Crippen LogP contribution in [0.15, 0.2) is 53.4 Å². The molecule has 2 rings (SSSR count). The zero-order chi connectivity index (χ0) is 16.3. The van der Waals surface area contributed by atoms with E-state index in [0.29, 0.717) is 5.69 Å². The Bertz CT molecular complexity index is 740. The number of sulfonamides is 1. The normalized spacial score (nSPS) is 11.6. The molecule has 0 amide bonds. The number of rotatable bonds is 5. The molecular weight excluding hydrogens is 300 g/mol. The van der Waals surface area contributed by atoms with Crippen LogP contribution >= 0.6 is 0 Å². The van der Waals surface area contributed by atoms with Gasteiger partial charge in [0.1, 0.15) is 5.75 Å². The van der Waals surface area contributed by atoms with Gasteiger partial charge in [-0.1, -0.05) is 26.0 Å². The van der Waals surface area contributed by atoms with Crippen molar-refractivity contribution in [2.75, 3.05) is 16.6 Å². The van der Waals surface area contributed by atoms with Gasteiger partial charge in [0, 0.05) is 12.2 Å². The van der Waals surface area contributed by atoms with E-state index in [1.165, 1.54) is 22.5 Å². The van der Waals surface area contributed by atoms with Crippen LogP contribution in [0.1, 0.15) is 13.8 Å². The molecule has 5 nitrogen and oxygen atoms in total. The predicted octanol–water partition coefficient (Wildman–Crippen LogP) is 2.83. The highest BCUT2D eigenvalue weighted by molar-refractivity contribution is 7.92. The van der Waals surface area contributed by atoms with Gasteiger partial charge in [-0.2, -0.15) is 0 Å². The monoisotopic (exact) mass is 320 g/mol. The molecule has 0 heterocycles. The van der Waals surface area contributed by atoms with Crippen LogP contribution in [-0.2, 0) is 10.0 Å². The van der Waals surface area contributed by atoms with Crippen molar-refractivity contribution in [3.05, 3.63) is 48.5 Å². The Hall–Kier alpha value is -2.21. The maximum atomic E-state index is 12.9. The maximum Gasteiger partial charge on any atom is 0.264 e. The second-order valence-corrected chi connectivity index (χ2v) is 7.35. The second kappa shape index (κ2) is 6.27. The van der Waals surface area contributed by atoms with Crippen LogP contribution in [0.2, 0.25) is 0 Å². The van der Waals surface area contributed by atoms with Gasteiger partial charge >= 0.3 is 0 Å². The Labute approximate surface area is 131 Å². The lowest BCUT2D eigenvalue weighted by atomic mass is 10.2. The highest BCUT2D eigenvalue weighted by Crippen LogP contribution is 2.32. The summed E-state index contributed by atoms with van der Waals surface area (Å²) in [6.45, 7) is 4.11. The van der Waals surface area contributed by atoms with E-state index in [2.05, 4.69) is 0 Å². The summed E-state index contributed by atoms with van der Waals surface area (Å²) in [6.07, 6.45) is 0. The number of anilines is 2. The highest BCUT2D eigenvalue weighted by Gasteiger charge is 2.27. The molecule has 0 bridgehead atoms. The fraction of sp³-hybridized carbons (Fsp3) is 0.250. The third-order valence-electron chi connectivity index (χ3n) is 3.15. The van der Waals surface area contributed by atoms with Crippen molar-refractivity contribution < 1.29 is 13.5 Å². The minimum absolute atomic E-state index is 0.0674. The summed E-state index contributed by atoms with van der Waals surface area (Å²) in [5, 5.41) is 10.0. The number of nitrogens with zero attached hydrogens (tertiary/aromatic N) is 1. The van der Waals surface area contributed by atoms with Gasteiger partial charge in [-0.3, -0.25) is 4.31 Å². The molecule has 0 saturated carbocycles. The van der Waals surface area contributed by atoms with Crippen LogP contribution in [0.5, 0.6) is 5.75 Å². The first kappa shape index (κ1) is 16.2. The number of aromatic hydroxyl groups is 1. The average molecular weight is 320 g/mol. The van der Waals surface area contributed by atoms with Gasteiger partial charge in [-0.15, -0.1) is 0 Å². The Morgan fingerprint density at radius 1 is 1.09 bits per heavy atom. The lowest BCUT2D eigenvalue weighted by Crippen LogP contribution is -2.34. The molecule has 0 aliphatic heterocycles. The molecule has 0 unspecified atom stereocenters. The molecule has 0 aliphatic carbocycles. The second-order valence-electron chi connectivity index (χ2n) is 5.49. The van der Waals surface area contributed by atoms with Crippen molar-refractivity contribution in [2.45, 2.75) is 18.7 Å². The van der Waals surface area contributed by atoms with Crippen LogP contribution in [0, 0.1) is 5.92 Å². The molecule has 0 atom stereocenters. The van der Waals surface area contributed by atoms with E-state index >= 15 is 0 Å². The molecule has 2 aromatic rings. The molecule has 6 heteroatoms.